The molecule has 0 heterocycles. The second-order valence-corrected chi connectivity index (χ2v) is 6.25. The lowest BCUT2D eigenvalue weighted by Gasteiger charge is -2.10. The number of aryl methyl sites for hydroxylation is 2. The van der Waals surface area contributed by atoms with Gasteiger partial charge in [-0.3, -0.25) is 4.79 Å². The highest BCUT2D eigenvalue weighted by atomic mass is 127. The number of phenolic OH excluding ortho intramolecular Hbond substituents is 1. The number of carbonyl (C=O) groups is 1. The van der Waals surface area contributed by atoms with E-state index in [0.29, 0.717) is 11.3 Å². The average Bonchev–Trinajstić information content (AvgIpc) is 2.50. The Morgan fingerprint density at radius 2 is 2.00 bits per heavy atom. The van der Waals surface area contributed by atoms with Crippen LogP contribution in [0.5, 0.6) is 11.5 Å². The molecule has 0 atom stereocenters. The second kappa shape index (κ2) is 7.96. The van der Waals surface area contributed by atoms with E-state index in [1.165, 1.54) is 6.21 Å². The summed E-state index contributed by atoms with van der Waals surface area (Å²) in [6, 6.07) is 10.9. The number of aromatic hydroxyl groups is 1. The highest BCUT2D eigenvalue weighted by molar-refractivity contribution is 14.1. The largest absolute Gasteiger partial charge is 0.507 e. The molecule has 0 aliphatic carbocycles. The molecule has 5 nitrogen and oxygen atoms in total. The van der Waals surface area contributed by atoms with Crippen LogP contribution in [-0.4, -0.2) is 23.8 Å². The van der Waals surface area contributed by atoms with Crippen LogP contribution in [0.25, 0.3) is 0 Å². The number of benzene rings is 2. The van der Waals surface area contributed by atoms with Crippen molar-refractivity contribution in [3.8, 4) is 11.5 Å². The van der Waals surface area contributed by atoms with Gasteiger partial charge in [0.25, 0.3) is 5.91 Å². The van der Waals surface area contributed by atoms with E-state index < -0.39 is 0 Å². The zero-order valence-electron chi connectivity index (χ0n) is 12.8. The molecule has 0 unspecified atom stereocenters. The molecule has 0 aromatic heterocycles. The summed E-state index contributed by atoms with van der Waals surface area (Å²) in [6.45, 7) is 3.73. The van der Waals surface area contributed by atoms with E-state index in [9.17, 15) is 9.90 Å². The van der Waals surface area contributed by atoms with Crippen molar-refractivity contribution in [3.63, 3.8) is 0 Å². The first-order chi connectivity index (χ1) is 11.0. The summed E-state index contributed by atoms with van der Waals surface area (Å²) in [7, 11) is 0. The van der Waals surface area contributed by atoms with Gasteiger partial charge in [0, 0.05) is 9.13 Å². The molecule has 120 valence electrons. The van der Waals surface area contributed by atoms with E-state index in [-0.39, 0.29) is 18.3 Å². The summed E-state index contributed by atoms with van der Waals surface area (Å²) in [5, 5.41) is 13.5. The molecule has 0 fully saturated rings. The molecule has 0 spiro atoms. The predicted molar refractivity (Wildman–Crippen MR) is 98.0 cm³/mol. The SMILES string of the molecule is Cc1cccc(C)c1OCC(=O)N/N=C\c1cc(I)ccc1O. The standard InChI is InChI=1S/C17H17IN2O3/c1-11-4-3-5-12(2)17(11)23-10-16(22)20-19-9-13-8-14(18)6-7-15(13)21/h3-9,21H,10H2,1-2H3,(H,20,22)/b19-9-. The van der Waals surface area contributed by atoms with Crippen molar-refractivity contribution < 1.29 is 14.6 Å². The molecule has 1 amide bonds. The van der Waals surface area contributed by atoms with Crippen LogP contribution in [0.15, 0.2) is 41.5 Å². The lowest BCUT2D eigenvalue weighted by Crippen LogP contribution is -2.25. The molecule has 0 saturated heterocycles. The van der Waals surface area contributed by atoms with Gasteiger partial charge in [-0.2, -0.15) is 5.10 Å². The highest BCUT2D eigenvalue weighted by Crippen LogP contribution is 2.22. The Labute approximate surface area is 148 Å². The zero-order chi connectivity index (χ0) is 16.8. The van der Waals surface area contributed by atoms with Gasteiger partial charge >= 0.3 is 0 Å². The van der Waals surface area contributed by atoms with Crippen LogP contribution < -0.4 is 10.2 Å². The number of hydrogen-bond acceptors (Lipinski definition) is 4. The number of para-hydroxylation sites is 1. The molecule has 0 bridgehead atoms. The minimum absolute atomic E-state index is 0.107. The number of halogens is 1. The van der Waals surface area contributed by atoms with Crippen molar-refractivity contribution in [1.82, 2.24) is 5.43 Å². The van der Waals surface area contributed by atoms with Gasteiger partial charge in [-0.1, -0.05) is 18.2 Å². The van der Waals surface area contributed by atoms with Crippen LogP contribution in [-0.2, 0) is 4.79 Å². The summed E-state index contributed by atoms with van der Waals surface area (Å²) >= 11 is 2.13. The summed E-state index contributed by atoms with van der Waals surface area (Å²) in [5.74, 6) is 0.450. The van der Waals surface area contributed by atoms with Gasteiger partial charge in [0.2, 0.25) is 0 Å². The van der Waals surface area contributed by atoms with Crippen molar-refractivity contribution >= 4 is 34.7 Å². The van der Waals surface area contributed by atoms with Gasteiger partial charge < -0.3 is 9.84 Å². The van der Waals surface area contributed by atoms with Crippen LogP contribution >= 0.6 is 22.6 Å². The Morgan fingerprint density at radius 1 is 1.30 bits per heavy atom. The number of phenols is 1. The minimum Gasteiger partial charge on any atom is -0.507 e. The van der Waals surface area contributed by atoms with E-state index in [0.717, 1.165) is 14.7 Å². The summed E-state index contributed by atoms with van der Waals surface area (Å²) < 4.78 is 6.50. The maximum Gasteiger partial charge on any atom is 0.277 e. The molecule has 2 aromatic carbocycles. The third kappa shape index (κ3) is 4.95. The second-order valence-electron chi connectivity index (χ2n) is 5.01. The fourth-order valence-electron chi connectivity index (χ4n) is 2.00. The third-order valence-electron chi connectivity index (χ3n) is 3.14. The average molecular weight is 424 g/mol. The zero-order valence-corrected chi connectivity index (χ0v) is 15.0. The Morgan fingerprint density at radius 3 is 2.70 bits per heavy atom. The van der Waals surface area contributed by atoms with Gasteiger partial charge in [-0.05, 0) is 65.8 Å². The van der Waals surface area contributed by atoms with Crippen LogP contribution in [0.1, 0.15) is 16.7 Å². The third-order valence-corrected chi connectivity index (χ3v) is 3.81. The van der Waals surface area contributed by atoms with Gasteiger partial charge in [-0.25, -0.2) is 5.43 Å². The lowest BCUT2D eigenvalue weighted by molar-refractivity contribution is -0.123. The van der Waals surface area contributed by atoms with E-state index >= 15 is 0 Å². The molecule has 0 aliphatic rings. The van der Waals surface area contributed by atoms with Gasteiger partial charge in [0.1, 0.15) is 11.5 Å². The molecule has 2 rings (SSSR count). The first kappa shape index (κ1) is 17.3. The van der Waals surface area contributed by atoms with Crippen molar-refractivity contribution in [2.45, 2.75) is 13.8 Å². The molecule has 2 aromatic rings. The normalized spacial score (nSPS) is 10.7. The Hall–Kier alpha value is -2.09. The maximum absolute atomic E-state index is 11.8. The number of hydrogen-bond donors (Lipinski definition) is 2. The highest BCUT2D eigenvalue weighted by Gasteiger charge is 2.06. The molecule has 0 radical (unpaired) electrons. The van der Waals surface area contributed by atoms with Gasteiger partial charge in [0.05, 0.1) is 6.21 Å². The van der Waals surface area contributed by atoms with E-state index in [4.69, 9.17) is 4.74 Å². The van der Waals surface area contributed by atoms with Crippen LogP contribution in [0, 0.1) is 17.4 Å². The van der Waals surface area contributed by atoms with Crippen molar-refractivity contribution in [2.24, 2.45) is 5.10 Å². The number of ether oxygens (including phenoxy) is 1. The topological polar surface area (TPSA) is 70.9 Å². The summed E-state index contributed by atoms with van der Waals surface area (Å²) in [5.41, 5.74) is 4.87. The van der Waals surface area contributed by atoms with Crippen molar-refractivity contribution in [1.29, 1.82) is 0 Å². The first-order valence-corrected chi connectivity index (χ1v) is 8.04. The molecular weight excluding hydrogens is 407 g/mol. The maximum atomic E-state index is 11.8. The van der Waals surface area contributed by atoms with Crippen LogP contribution in [0.2, 0.25) is 0 Å². The van der Waals surface area contributed by atoms with E-state index in [1.807, 2.05) is 32.0 Å². The van der Waals surface area contributed by atoms with Crippen molar-refractivity contribution in [2.75, 3.05) is 6.61 Å². The van der Waals surface area contributed by atoms with E-state index in [2.05, 4.69) is 33.1 Å². The summed E-state index contributed by atoms with van der Waals surface area (Å²) in [6.07, 6.45) is 1.40. The molecule has 0 saturated carbocycles. The number of nitrogens with zero attached hydrogens (tertiary/aromatic N) is 1. The smallest absolute Gasteiger partial charge is 0.277 e. The number of nitrogens with one attached hydrogen (secondary N) is 1. The fraction of sp³-hybridized carbons (Fsp3) is 0.176. The predicted octanol–water partition coefficient (Wildman–Crippen LogP) is 3.14. The quantitative estimate of drug-likeness (QED) is 0.440. The Kier molecular flexibility index (Phi) is 5.97. The number of hydrazone groups is 1. The van der Waals surface area contributed by atoms with Gasteiger partial charge in [0.15, 0.2) is 6.61 Å². The molecule has 23 heavy (non-hydrogen) atoms. The van der Waals surface area contributed by atoms with Gasteiger partial charge in [-0.15, -0.1) is 0 Å². The monoisotopic (exact) mass is 424 g/mol. The molecular formula is C17H17IN2O3. The first-order valence-electron chi connectivity index (χ1n) is 6.97. The Bertz CT molecular complexity index is 724. The fourth-order valence-corrected chi connectivity index (χ4v) is 2.51. The number of amides is 1. The number of rotatable bonds is 5. The lowest BCUT2D eigenvalue weighted by atomic mass is 10.1. The summed E-state index contributed by atoms with van der Waals surface area (Å²) in [4.78, 5) is 11.8. The Balaban J connectivity index is 1.90. The van der Waals surface area contributed by atoms with Crippen LogP contribution in [0.4, 0.5) is 0 Å². The minimum atomic E-state index is -0.367. The van der Waals surface area contributed by atoms with E-state index in [1.54, 1.807) is 18.2 Å². The molecule has 2 N–H and O–H groups in total. The van der Waals surface area contributed by atoms with Crippen LogP contribution in [0.3, 0.4) is 0 Å². The molecule has 0 aliphatic heterocycles. The molecule has 6 heteroatoms. The van der Waals surface area contributed by atoms with Crippen molar-refractivity contribution in [3.05, 3.63) is 56.7 Å². The number of carbonyl (C=O) groups excluding carboxylic acids is 1.